The van der Waals surface area contributed by atoms with Crippen molar-refractivity contribution in [2.75, 3.05) is 17.7 Å². The summed E-state index contributed by atoms with van der Waals surface area (Å²) in [6, 6.07) is 12.8. The Morgan fingerprint density at radius 2 is 1.94 bits per heavy atom. The van der Waals surface area contributed by atoms with Gasteiger partial charge in [-0.05, 0) is 46.7 Å². The average molecular weight is 475 g/mol. The second-order valence-electron chi connectivity index (χ2n) is 9.06. The van der Waals surface area contributed by atoms with Crippen molar-refractivity contribution in [1.82, 2.24) is 19.5 Å². The fourth-order valence-corrected chi connectivity index (χ4v) is 5.12. The Morgan fingerprint density at radius 3 is 2.74 bits per heavy atom. The number of fused-ring (bicyclic) bond motifs is 4. The summed E-state index contributed by atoms with van der Waals surface area (Å²) in [5, 5.41) is 33.3. The number of aliphatic hydroxyl groups is 3. The van der Waals surface area contributed by atoms with E-state index in [1.165, 1.54) is 44.3 Å². The van der Waals surface area contributed by atoms with Gasteiger partial charge in [0.25, 0.3) is 0 Å². The summed E-state index contributed by atoms with van der Waals surface area (Å²) in [6.45, 7) is 2.18. The minimum atomic E-state index is -1.26. The molecule has 1 aliphatic carbocycles. The Morgan fingerprint density at radius 1 is 1.11 bits per heavy atom. The van der Waals surface area contributed by atoms with Gasteiger partial charge in [0.2, 0.25) is 5.95 Å². The minimum Gasteiger partial charge on any atom is -0.394 e. The molecule has 10 nitrogen and oxygen atoms in total. The van der Waals surface area contributed by atoms with E-state index in [0.717, 1.165) is 6.42 Å². The molecule has 35 heavy (non-hydrogen) atoms. The van der Waals surface area contributed by atoms with E-state index in [4.69, 9.17) is 10.5 Å². The number of aliphatic hydroxyl groups excluding tert-OH is 3. The SMILES string of the molecule is Cc1ccc2c(c1CNc1nc(N)c3ncn([C@@H]4O[C@H](CO)[C@@H](O)[C@H]4O)c3n1)Cc1ccccc1-2. The van der Waals surface area contributed by atoms with Crippen molar-refractivity contribution in [3.8, 4) is 11.1 Å². The highest BCUT2D eigenvalue weighted by atomic mass is 16.6. The number of rotatable bonds is 5. The van der Waals surface area contributed by atoms with Gasteiger partial charge in [0.05, 0.1) is 12.9 Å². The normalized spacial score (nSPS) is 23.0. The first-order chi connectivity index (χ1) is 17.0. The van der Waals surface area contributed by atoms with Crippen LogP contribution < -0.4 is 11.1 Å². The van der Waals surface area contributed by atoms with E-state index in [9.17, 15) is 15.3 Å². The predicted octanol–water partition coefficient (Wildman–Crippen LogP) is 1.51. The van der Waals surface area contributed by atoms with Gasteiger partial charge in [0, 0.05) is 6.54 Å². The summed E-state index contributed by atoms with van der Waals surface area (Å²) < 4.78 is 7.15. The molecule has 1 saturated heterocycles. The van der Waals surface area contributed by atoms with Gasteiger partial charge >= 0.3 is 0 Å². The Bertz CT molecular complexity index is 1440. The van der Waals surface area contributed by atoms with Crippen LogP contribution in [-0.4, -0.2) is 59.8 Å². The van der Waals surface area contributed by atoms with Crippen LogP contribution in [-0.2, 0) is 17.7 Å². The van der Waals surface area contributed by atoms with Gasteiger partial charge in [0.1, 0.15) is 23.8 Å². The lowest BCUT2D eigenvalue weighted by Gasteiger charge is -2.17. The van der Waals surface area contributed by atoms with Crippen LogP contribution in [0.2, 0.25) is 0 Å². The molecule has 0 spiro atoms. The quantitative estimate of drug-likeness (QED) is 0.255. The Labute approximate surface area is 201 Å². The zero-order valence-electron chi connectivity index (χ0n) is 19.1. The summed E-state index contributed by atoms with van der Waals surface area (Å²) in [7, 11) is 0. The van der Waals surface area contributed by atoms with E-state index in [2.05, 4.69) is 63.6 Å². The molecular weight excluding hydrogens is 448 g/mol. The maximum atomic E-state index is 10.5. The van der Waals surface area contributed by atoms with E-state index in [-0.39, 0.29) is 5.82 Å². The number of benzene rings is 2. The van der Waals surface area contributed by atoms with Gasteiger partial charge in [-0.3, -0.25) is 4.57 Å². The molecule has 2 aromatic carbocycles. The van der Waals surface area contributed by atoms with Crippen molar-refractivity contribution in [3.63, 3.8) is 0 Å². The monoisotopic (exact) mass is 474 g/mol. The molecule has 1 fully saturated rings. The van der Waals surface area contributed by atoms with Gasteiger partial charge in [0.15, 0.2) is 17.7 Å². The first kappa shape index (κ1) is 21.9. The van der Waals surface area contributed by atoms with Crippen LogP contribution in [0.1, 0.15) is 28.5 Å². The largest absolute Gasteiger partial charge is 0.394 e. The summed E-state index contributed by atoms with van der Waals surface area (Å²) in [6.07, 6.45) is -2.04. The van der Waals surface area contributed by atoms with Crippen LogP contribution in [0.15, 0.2) is 42.7 Å². The van der Waals surface area contributed by atoms with Gasteiger partial charge in [-0.1, -0.05) is 36.4 Å². The number of aromatic nitrogens is 4. The Balaban J connectivity index is 1.31. The summed E-state index contributed by atoms with van der Waals surface area (Å²) in [4.78, 5) is 13.2. The van der Waals surface area contributed by atoms with Crippen molar-refractivity contribution >= 4 is 22.9 Å². The third-order valence-electron chi connectivity index (χ3n) is 7.00. The highest BCUT2D eigenvalue weighted by Crippen LogP contribution is 2.39. The van der Waals surface area contributed by atoms with Crippen LogP contribution in [0.25, 0.3) is 22.3 Å². The highest BCUT2D eigenvalue weighted by molar-refractivity contribution is 5.83. The molecule has 0 unspecified atom stereocenters. The summed E-state index contributed by atoms with van der Waals surface area (Å²) >= 11 is 0. The van der Waals surface area contributed by atoms with Crippen LogP contribution in [0.3, 0.4) is 0 Å². The Kier molecular flexibility index (Phi) is 5.19. The van der Waals surface area contributed by atoms with Gasteiger partial charge in [-0.2, -0.15) is 9.97 Å². The lowest BCUT2D eigenvalue weighted by molar-refractivity contribution is -0.0511. The topological polar surface area (TPSA) is 152 Å². The van der Waals surface area contributed by atoms with Crippen LogP contribution in [0.5, 0.6) is 0 Å². The first-order valence-electron chi connectivity index (χ1n) is 11.5. The second kappa shape index (κ2) is 8.28. The molecule has 0 amide bonds. The number of hydrogen-bond donors (Lipinski definition) is 5. The lowest BCUT2D eigenvalue weighted by atomic mass is 9.97. The molecule has 0 radical (unpaired) electrons. The van der Waals surface area contributed by atoms with Crippen molar-refractivity contribution < 1.29 is 20.1 Å². The zero-order valence-corrected chi connectivity index (χ0v) is 19.1. The zero-order chi connectivity index (χ0) is 24.3. The van der Waals surface area contributed by atoms with Crippen LogP contribution in [0.4, 0.5) is 11.8 Å². The molecule has 0 bridgehead atoms. The first-order valence-corrected chi connectivity index (χ1v) is 11.5. The second-order valence-corrected chi connectivity index (χ2v) is 9.06. The molecule has 0 saturated carbocycles. The molecule has 4 aromatic rings. The number of aryl methyl sites for hydroxylation is 1. The Hall–Kier alpha value is -3.57. The number of ether oxygens (including phenoxy) is 1. The third-order valence-corrected chi connectivity index (χ3v) is 7.00. The maximum absolute atomic E-state index is 10.5. The number of nitrogens with zero attached hydrogens (tertiary/aromatic N) is 4. The lowest BCUT2D eigenvalue weighted by Crippen LogP contribution is -2.33. The van der Waals surface area contributed by atoms with E-state index < -0.39 is 31.1 Å². The van der Waals surface area contributed by atoms with E-state index in [1.54, 1.807) is 0 Å². The van der Waals surface area contributed by atoms with Crippen LogP contribution in [0, 0.1) is 6.92 Å². The molecule has 4 atom stereocenters. The number of anilines is 2. The van der Waals surface area contributed by atoms with Gasteiger partial charge in [-0.25, -0.2) is 4.98 Å². The standard InChI is InChI=1S/C25H26N6O4/c1-12-6-7-15-14-5-3-2-4-13(14)8-16(15)17(12)9-27-25-29-22(26)19-23(30-25)31(11-28-19)24-21(34)20(33)18(10-32)35-24/h2-7,11,18,20-21,24,32-34H,8-10H2,1H3,(H3,26,27,29,30)/t18-,20-,21-,24-/m1/s1. The van der Waals surface area contributed by atoms with E-state index in [0.29, 0.717) is 23.7 Å². The maximum Gasteiger partial charge on any atom is 0.227 e. The molecule has 2 aliphatic rings. The summed E-state index contributed by atoms with van der Waals surface area (Å²) in [5.74, 6) is 0.501. The van der Waals surface area contributed by atoms with E-state index in [1.807, 2.05) is 0 Å². The fraction of sp³-hybridized carbons (Fsp3) is 0.320. The number of nitrogens with two attached hydrogens (primary N) is 1. The highest BCUT2D eigenvalue weighted by Gasteiger charge is 2.44. The van der Waals surface area contributed by atoms with Crippen molar-refractivity contribution in [3.05, 3.63) is 65.0 Å². The van der Waals surface area contributed by atoms with Crippen LogP contribution >= 0.6 is 0 Å². The number of imidazole rings is 1. The van der Waals surface area contributed by atoms with Gasteiger partial charge in [-0.15, -0.1) is 0 Å². The summed E-state index contributed by atoms with van der Waals surface area (Å²) in [5.41, 5.74) is 14.4. The van der Waals surface area contributed by atoms with Crippen molar-refractivity contribution in [1.29, 1.82) is 0 Å². The minimum absolute atomic E-state index is 0.186. The molecule has 180 valence electrons. The third kappa shape index (κ3) is 3.45. The molecule has 10 heteroatoms. The van der Waals surface area contributed by atoms with Crippen molar-refractivity contribution in [2.24, 2.45) is 0 Å². The molecule has 1 aliphatic heterocycles. The number of nitrogens with one attached hydrogen (secondary N) is 1. The molecule has 3 heterocycles. The average Bonchev–Trinajstić information content (AvgIpc) is 3.52. The molecular formula is C25H26N6O4. The molecule has 6 N–H and O–H groups in total. The van der Waals surface area contributed by atoms with Crippen molar-refractivity contribution in [2.45, 2.75) is 44.4 Å². The number of nitrogen functional groups attached to an aromatic ring is 1. The smallest absolute Gasteiger partial charge is 0.227 e. The number of hydrogen-bond acceptors (Lipinski definition) is 9. The molecule has 6 rings (SSSR count). The fourth-order valence-electron chi connectivity index (χ4n) is 5.12. The van der Waals surface area contributed by atoms with E-state index >= 15 is 0 Å². The van der Waals surface area contributed by atoms with Gasteiger partial charge < -0.3 is 31.1 Å². The predicted molar refractivity (Wildman–Crippen MR) is 129 cm³/mol. The molecule has 2 aromatic heterocycles.